The zero-order chi connectivity index (χ0) is 11.4. The number of hydrogen-bond donors (Lipinski definition) is 1. The fourth-order valence-electron chi connectivity index (χ4n) is 1.14. The number of nitrogens with two attached hydrogens (primary N) is 1. The molecule has 5 heteroatoms. The fraction of sp³-hybridized carbons (Fsp3) is 0.300. The number of carbonyl (C=O) groups excluding carboxylic acids is 1. The molecule has 0 bridgehead atoms. The highest BCUT2D eigenvalue weighted by Crippen LogP contribution is 2.24. The number of methoxy groups -OCH3 is 1. The van der Waals surface area contributed by atoms with Crippen molar-refractivity contribution in [3.63, 3.8) is 0 Å². The highest BCUT2D eigenvalue weighted by atomic mass is 19.1. The van der Waals surface area contributed by atoms with Crippen LogP contribution < -0.4 is 10.5 Å². The van der Waals surface area contributed by atoms with E-state index in [4.69, 9.17) is 10.5 Å². The number of benzene rings is 1. The summed E-state index contributed by atoms with van der Waals surface area (Å²) in [6.45, 7) is 1.80. The lowest BCUT2D eigenvalue weighted by Gasteiger charge is -2.08. The van der Waals surface area contributed by atoms with E-state index in [1.165, 1.54) is 13.2 Å². The topological polar surface area (TPSA) is 61.5 Å². The van der Waals surface area contributed by atoms with E-state index in [0.717, 1.165) is 6.07 Å². The van der Waals surface area contributed by atoms with E-state index in [-0.39, 0.29) is 23.6 Å². The van der Waals surface area contributed by atoms with E-state index in [9.17, 15) is 9.18 Å². The number of hydrogen-bond acceptors (Lipinski definition) is 4. The smallest absolute Gasteiger partial charge is 0.343 e. The highest BCUT2D eigenvalue weighted by molar-refractivity contribution is 5.95. The molecule has 0 radical (unpaired) electrons. The van der Waals surface area contributed by atoms with E-state index < -0.39 is 11.8 Å². The second kappa shape index (κ2) is 4.63. The molecule has 0 amide bonds. The van der Waals surface area contributed by atoms with Gasteiger partial charge in [-0.1, -0.05) is 0 Å². The van der Waals surface area contributed by atoms with Crippen molar-refractivity contribution in [3.05, 3.63) is 23.5 Å². The largest absolute Gasteiger partial charge is 0.497 e. The van der Waals surface area contributed by atoms with E-state index in [1.807, 2.05) is 0 Å². The van der Waals surface area contributed by atoms with E-state index in [0.29, 0.717) is 0 Å². The molecular formula is C10H12FNO3. The summed E-state index contributed by atoms with van der Waals surface area (Å²) in [5, 5.41) is 0. The first-order valence-corrected chi connectivity index (χ1v) is 4.40. The van der Waals surface area contributed by atoms with Crippen molar-refractivity contribution >= 4 is 11.7 Å². The molecular weight excluding hydrogens is 201 g/mol. The maximum atomic E-state index is 13.4. The number of ether oxygens (including phenoxy) is 2. The standard InChI is InChI=1S/C10H12FNO3/c1-3-15-10(13)9-7(11)4-6(14-2)5-8(9)12/h4-5H,3,12H2,1-2H3. The van der Waals surface area contributed by atoms with Crippen LogP contribution in [0.5, 0.6) is 5.75 Å². The average molecular weight is 213 g/mol. The second-order valence-corrected chi connectivity index (χ2v) is 2.79. The van der Waals surface area contributed by atoms with Gasteiger partial charge in [0.1, 0.15) is 17.1 Å². The fourth-order valence-corrected chi connectivity index (χ4v) is 1.14. The molecule has 1 aromatic carbocycles. The molecule has 0 aliphatic heterocycles. The lowest BCUT2D eigenvalue weighted by Crippen LogP contribution is -2.10. The minimum atomic E-state index is -0.768. The number of rotatable bonds is 3. The van der Waals surface area contributed by atoms with Crippen molar-refractivity contribution < 1.29 is 18.7 Å². The first kappa shape index (κ1) is 11.3. The molecule has 0 heterocycles. The summed E-state index contributed by atoms with van der Waals surface area (Å²) in [6.07, 6.45) is 0. The van der Waals surface area contributed by atoms with Gasteiger partial charge in [-0.15, -0.1) is 0 Å². The monoisotopic (exact) mass is 213 g/mol. The van der Waals surface area contributed by atoms with E-state index in [2.05, 4.69) is 4.74 Å². The van der Waals surface area contributed by atoms with Gasteiger partial charge in [0.05, 0.1) is 19.4 Å². The van der Waals surface area contributed by atoms with Crippen LogP contribution in [-0.2, 0) is 4.74 Å². The highest BCUT2D eigenvalue weighted by Gasteiger charge is 2.17. The van der Waals surface area contributed by atoms with Crippen LogP contribution in [0.3, 0.4) is 0 Å². The summed E-state index contributed by atoms with van der Waals surface area (Å²) in [6, 6.07) is 2.46. The number of nitrogen functional groups attached to an aromatic ring is 1. The Hall–Kier alpha value is -1.78. The van der Waals surface area contributed by atoms with Gasteiger partial charge in [-0.05, 0) is 6.92 Å². The van der Waals surface area contributed by atoms with Crippen molar-refractivity contribution in [2.24, 2.45) is 0 Å². The van der Waals surface area contributed by atoms with Gasteiger partial charge in [-0.3, -0.25) is 0 Å². The Morgan fingerprint density at radius 3 is 2.67 bits per heavy atom. The second-order valence-electron chi connectivity index (χ2n) is 2.79. The van der Waals surface area contributed by atoms with Crippen molar-refractivity contribution in [2.75, 3.05) is 19.5 Å². The first-order valence-electron chi connectivity index (χ1n) is 4.40. The molecule has 0 unspecified atom stereocenters. The molecule has 0 atom stereocenters. The molecule has 0 saturated carbocycles. The summed E-state index contributed by atoms with van der Waals surface area (Å²) >= 11 is 0. The molecule has 0 spiro atoms. The normalized spacial score (nSPS) is 9.80. The van der Waals surface area contributed by atoms with E-state index in [1.54, 1.807) is 6.92 Å². The van der Waals surface area contributed by atoms with Crippen LogP contribution in [0.2, 0.25) is 0 Å². The Morgan fingerprint density at radius 1 is 1.53 bits per heavy atom. The van der Waals surface area contributed by atoms with Gasteiger partial charge < -0.3 is 15.2 Å². The summed E-state index contributed by atoms with van der Waals surface area (Å²) in [5.41, 5.74) is 5.26. The molecule has 82 valence electrons. The Balaban J connectivity index is 3.13. The number of anilines is 1. The van der Waals surface area contributed by atoms with Crippen molar-refractivity contribution in [1.29, 1.82) is 0 Å². The third kappa shape index (κ3) is 2.37. The Morgan fingerprint density at radius 2 is 2.20 bits per heavy atom. The predicted molar refractivity (Wildman–Crippen MR) is 53.3 cm³/mol. The van der Waals surface area contributed by atoms with Crippen molar-refractivity contribution in [3.8, 4) is 5.75 Å². The van der Waals surface area contributed by atoms with Gasteiger partial charge in [0.2, 0.25) is 0 Å². The molecule has 1 aromatic rings. The molecule has 1 rings (SSSR count). The van der Waals surface area contributed by atoms with Gasteiger partial charge in [0.25, 0.3) is 0 Å². The third-order valence-electron chi connectivity index (χ3n) is 1.81. The Kier molecular flexibility index (Phi) is 3.49. The number of halogens is 1. The quantitative estimate of drug-likeness (QED) is 0.611. The molecule has 0 aliphatic rings. The van der Waals surface area contributed by atoms with Crippen LogP contribution in [0, 0.1) is 5.82 Å². The SMILES string of the molecule is CCOC(=O)c1c(N)cc(OC)cc1F. The van der Waals surface area contributed by atoms with Crippen LogP contribution in [0.1, 0.15) is 17.3 Å². The lowest BCUT2D eigenvalue weighted by atomic mass is 10.1. The third-order valence-corrected chi connectivity index (χ3v) is 1.81. The number of esters is 1. The summed E-state index contributed by atoms with van der Waals surface area (Å²) in [4.78, 5) is 11.3. The molecule has 0 fully saturated rings. The van der Waals surface area contributed by atoms with Crippen molar-refractivity contribution in [1.82, 2.24) is 0 Å². The maximum Gasteiger partial charge on any atom is 0.343 e. The van der Waals surface area contributed by atoms with Gasteiger partial charge >= 0.3 is 5.97 Å². The average Bonchev–Trinajstić information content (AvgIpc) is 2.16. The van der Waals surface area contributed by atoms with Crippen LogP contribution in [0.25, 0.3) is 0 Å². The molecule has 2 N–H and O–H groups in total. The van der Waals surface area contributed by atoms with Gasteiger partial charge in [-0.2, -0.15) is 0 Å². The van der Waals surface area contributed by atoms with E-state index >= 15 is 0 Å². The minimum absolute atomic E-state index is 0.00491. The summed E-state index contributed by atoms with van der Waals surface area (Å²) < 4.78 is 22.9. The Labute approximate surface area is 86.8 Å². The summed E-state index contributed by atoms with van der Waals surface area (Å²) in [7, 11) is 1.39. The molecule has 4 nitrogen and oxygen atoms in total. The summed E-state index contributed by atoms with van der Waals surface area (Å²) in [5.74, 6) is -1.25. The maximum absolute atomic E-state index is 13.4. The van der Waals surface area contributed by atoms with Gasteiger partial charge in [0.15, 0.2) is 0 Å². The zero-order valence-corrected chi connectivity index (χ0v) is 8.54. The minimum Gasteiger partial charge on any atom is -0.497 e. The van der Waals surface area contributed by atoms with Crippen LogP contribution >= 0.6 is 0 Å². The van der Waals surface area contributed by atoms with Crippen LogP contribution in [-0.4, -0.2) is 19.7 Å². The first-order chi connectivity index (χ1) is 7.10. The van der Waals surface area contributed by atoms with Gasteiger partial charge in [-0.25, -0.2) is 9.18 Å². The van der Waals surface area contributed by atoms with Crippen LogP contribution in [0.15, 0.2) is 12.1 Å². The lowest BCUT2D eigenvalue weighted by molar-refractivity contribution is 0.0522. The van der Waals surface area contributed by atoms with Gasteiger partial charge in [0, 0.05) is 12.1 Å². The number of carbonyl (C=O) groups is 1. The zero-order valence-electron chi connectivity index (χ0n) is 8.54. The molecule has 0 aromatic heterocycles. The molecule has 0 aliphatic carbocycles. The Bertz CT molecular complexity index is 356. The van der Waals surface area contributed by atoms with Crippen molar-refractivity contribution in [2.45, 2.75) is 6.92 Å². The van der Waals surface area contributed by atoms with Crippen LogP contribution in [0.4, 0.5) is 10.1 Å². The predicted octanol–water partition coefficient (Wildman–Crippen LogP) is 1.59. The molecule has 15 heavy (non-hydrogen) atoms. The molecule has 0 saturated heterocycles.